The van der Waals surface area contributed by atoms with Crippen molar-refractivity contribution < 1.29 is 4.42 Å². The predicted molar refractivity (Wildman–Crippen MR) is 152 cm³/mol. The Morgan fingerprint density at radius 3 is 2.70 bits per heavy atom. The van der Waals surface area contributed by atoms with E-state index in [1.54, 1.807) is 0 Å². The number of hydrogen-bond acceptors (Lipinski definition) is 7. The quantitative estimate of drug-likeness (QED) is 0.300. The molecule has 0 saturated heterocycles. The van der Waals surface area contributed by atoms with Gasteiger partial charge in [-0.2, -0.15) is 0 Å². The van der Waals surface area contributed by atoms with E-state index in [0.29, 0.717) is 11.7 Å². The van der Waals surface area contributed by atoms with Crippen LogP contribution in [0, 0.1) is 6.92 Å². The summed E-state index contributed by atoms with van der Waals surface area (Å²) < 4.78 is 7.86. The van der Waals surface area contributed by atoms with E-state index in [4.69, 9.17) is 9.40 Å². The number of aromatic nitrogens is 8. The van der Waals surface area contributed by atoms with Crippen LogP contribution in [0.4, 0.5) is 0 Å². The number of hydrogen-bond donors (Lipinski definition) is 1. The molecule has 0 amide bonds. The minimum absolute atomic E-state index is 0.515. The third-order valence-electron chi connectivity index (χ3n) is 7.62. The topological polar surface area (TPSA) is 111 Å². The van der Waals surface area contributed by atoms with Crippen LogP contribution in [-0.4, -0.2) is 40.4 Å². The maximum Gasteiger partial charge on any atom is 0.247 e. The van der Waals surface area contributed by atoms with E-state index in [1.807, 2.05) is 6.08 Å². The van der Waals surface area contributed by atoms with Crippen molar-refractivity contribution in [2.75, 3.05) is 0 Å². The second kappa shape index (κ2) is 10.00. The van der Waals surface area contributed by atoms with Gasteiger partial charge in [0.2, 0.25) is 12.3 Å². The van der Waals surface area contributed by atoms with Crippen molar-refractivity contribution >= 4 is 22.7 Å². The zero-order valence-electron chi connectivity index (χ0n) is 22.4. The largest absolute Gasteiger partial charge is 0.423 e. The maximum atomic E-state index is 5.51. The first kappa shape index (κ1) is 24.1. The summed E-state index contributed by atoms with van der Waals surface area (Å²) in [5.41, 5.74) is 11.5. The highest BCUT2D eigenvalue weighted by atomic mass is 16.4. The molecule has 0 radical (unpaired) electrons. The molecule has 198 valence electrons. The molecule has 0 spiro atoms. The highest BCUT2D eigenvalue weighted by molar-refractivity contribution is 5.93. The van der Waals surface area contributed by atoms with Crippen LogP contribution in [0.2, 0.25) is 0 Å². The molecule has 40 heavy (non-hydrogen) atoms. The van der Waals surface area contributed by atoms with Gasteiger partial charge in [-0.1, -0.05) is 49.4 Å². The Bertz CT molecular complexity index is 1850. The Morgan fingerprint density at radius 1 is 1.00 bits per heavy atom. The number of aryl methyl sites for hydroxylation is 4. The van der Waals surface area contributed by atoms with Crippen LogP contribution in [0.1, 0.15) is 58.4 Å². The lowest BCUT2D eigenvalue weighted by molar-refractivity contribution is 0.568. The molecule has 0 unspecified atom stereocenters. The molecule has 0 fully saturated rings. The molecule has 0 bridgehead atoms. The molecule has 9 nitrogen and oxygen atoms in total. The standard InChI is InChI=1S/C31H28N8O/c1-3-6-29-33-30-19(2)13-23(31-36-32-18-40-31)15-27(30)39(29)17-20-9-12-25-22(14-20)11-10-21-7-4-5-8-24(21)26(25)16-28-34-37-38-35-28/h4-5,7-9,12-16,18H,3,6,10-11,17H2,1-2H3,(H,34,35,37,38). The summed E-state index contributed by atoms with van der Waals surface area (Å²) in [6.45, 7) is 5.01. The minimum Gasteiger partial charge on any atom is -0.423 e. The van der Waals surface area contributed by atoms with Gasteiger partial charge in [-0.05, 0) is 93.8 Å². The number of nitrogens with one attached hydrogen (secondary N) is 1. The smallest absolute Gasteiger partial charge is 0.247 e. The number of imidazole rings is 1. The third-order valence-corrected chi connectivity index (χ3v) is 7.62. The highest BCUT2D eigenvalue weighted by Crippen LogP contribution is 2.35. The first-order chi connectivity index (χ1) is 19.7. The molecule has 0 aliphatic heterocycles. The van der Waals surface area contributed by atoms with Crippen LogP contribution in [0.15, 0.2) is 65.4 Å². The van der Waals surface area contributed by atoms with E-state index in [9.17, 15) is 0 Å². The number of rotatable bonds is 6. The zero-order chi connectivity index (χ0) is 27.1. The molecule has 1 aliphatic carbocycles. The summed E-state index contributed by atoms with van der Waals surface area (Å²) >= 11 is 0. The van der Waals surface area contributed by atoms with Gasteiger partial charge in [0.15, 0.2) is 5.82 Å². The van der Waals surface area contributed by atoms with Crippen molar-refractivity contribution in [3.8, 4) is 11.5 Å². The van der Waals surface area contributed by atoms with Crippen LogP contribution in [0.25, 0.3) is 34.1 Å². The summed E-state index contributed by atoms with van der Waals surface area (Å²) in [5, 5.41) is 22.6. The number of H-pyrrole nitrogens is 1. The molecule has 6 aromatic rings. The van der Waals surface area contributed by atoms with Crippen molar-refractivity contribution in [1.82, 2.24) is 40.4 Å². The number of benzene rings is 3. The summed E-state index contributed by atoms with van der Waals surface area (Å²) in [5.74, 6) is 2.24. The fourth-order valence-corrected chi connectivity index (χ4v) is 5.79. The molecular formula is C31H28N8O. The number of aromatic amines is 1. The van der Waals surface area contributed by atoms with E-state index in [2.05, 4.69) is 104 Å². The van der Waals surface area contributed by atoms with E-state index in [1.165, 1.54) is 34.2 Å². The van der Waals surface area contributed by atoms with Crippen LogP contribution < -0.4 is 0 Å². The molecule has 0 saturated carbocycles. The average Bonchev–Trinajstić information content (AvgIpc) is 3.73. The van der Waals surface area contributed by atoms with Gasteiger partial charge in [-0.25, -0.2) is 10.1 Å². The normalized spacial score (nSPS) is 13.9. The maximum absolute atomic E-state index is 5.51. The SMILES string of the molecule is CCCc1nc2c(C)cc(-c3nnco3)cc2n1Cc1ccc2c(c1)CCc1ccccc1C2=Cc1nnn[nH]1. The van der Waals surface area contributed by atoms with Gasteiger partial charge in [0.25, 0.3) is 0 Å². The molecule has 1 aliphatic rings. The van der Waals surface area contributed by atoms with E-state index < -0.39 is 0 Å². The predicted octanol–water partition coefficient (Wildman–Crippen LogP) is 5.60. The second-order valence-electron chi connectivity index (χ2n) is 10.3. The molecule has 9 heteroatoms. The fourth-order valence-electron chi connectivity index (χ4n) is 5.79. The Kier molecular flexibility index (Phi) is 6.03. The lowest BCUT2D eigenvalue weighted by atomic mass is 9.92. The van der Waals surface area contributed by atoms with Crippen molar-refractivity contribution in [2.24, 2.45) is 0 Å². The van der Waals surface area contributed by atoms with Gasteiger partial charge >= 0.3 is 0 Å². The molecule has 7 rings (SSSR count). The summed E-state index contributed by atoms with van der Waals surface area (Å²) in [6.07, 6.45) is 7.27. The van der Waals surface area contributed by atoms with Gasteiger partial charge in [0.1, 0.15) is 5.82 Å². The molecule has 3 aromatic heterocycles. The van der Waals surface area contributed by atoms with Gasteiger partial charge in [-0.3, -0.25) is 0 Å². The van der Waals surface area contributed by atoms with Crippen LogP contribution in [-0.2, 0) is 25.8 Å². The Hall–Kier alpha value is -4.92. The van der Waals surface area contributed by atoms with Crippen LogP contribution in [0.3, 0.4) is 0 Å². The fraction of sp³-hybridized carbons (Fsp3) is 0.226. The Labute approximate surface area is 231 Å². The average molecular weight is 529 g/mol. The van der Waals surface area contributed by atoms with Crippen LogP contribution >= 0.6 is 0 Å². The first-order valence-corrected chi connectivity index (χ1v) is 13.6. The van der Waals surface area contributed by atoms with E-state index in [-0.39, 0.29) is 0 Å². The highest BCUT2D eigenvalue weighted by Gasteiger charge is 2.20. The minimum atomic E-state index is 0.515. The molecule has 3 aromatic carbocycles. The molecular weight excluding hydrogens is 500 g/mol. The number of nitrogens with zero attached hydrogens (tertiary/aromatic N) is 7. The summed E-state index contributed by atoms with van der Waals surface area (Å²) in [6, 6.07) is 19.6. The summed E-state index contributed by atoms with van der Waals surface area (Å²) in [4.78, 5) is 5.07. The number of fused-ring (bicyclic) bond motifs is 3. The molecule has 1 N–H and O–H groups in total. The monoisotopic (exact) mass is 528 g/mol. The van der Waals surface area contributed by atoms with Crippen molar-refractivity contribution in [3.05, 3.63) is 106 Å². The first-order valence-electron chi connectivity index (χ1n) is 13.6. The van der Waals surface area contributed by atoms with Gasteiger partial charge in [-0.15, -0.1) is 15.3 Å². The number of tetrazole rings is 1. The van der Waals surface area contributed by atoms with Gasteiger partial charge in [0.05, 0.1) is 11.0 Å². The van der Waals surface area contributed by atoms with Crippen molar-refractivity contribution in [3.63, 3.8) is 0 Å². The third kappa shape index (κ3) is 4.29. The van der Waals surface area contributed by atoms with Crippen molar-refractivity contribution in [1.29, 1.82) is 0 Å². The Balaban J connectivity index is 1.33. The molecule has 3 heterocycles. The van der Waals surface area contributed by atoms with E-state index >= 15 is 0 Å². The van der Waals surface area contributed by atoms with Crippen molar-refractivity contribution in [2.45, 2.75) is 46.1 Å². The van der Waals surface area contributed by atoms with E-state index in [0.717, 1.165) is 65.8 Å². The second-order valence-corrected chi connectivity index (χ2v) is 10.3. The van der Waals surface area contributed by atoms with Gasteiger partial charge < -0.3 is 8.98 Å². The Morgan fingerprint density at radius 2 is 1.88 bits per heavy atom. The molecule has 0 atom stereocenters. The lowest BCUT2D eigenvalue weighted by Crippen LogP contribution is -2.06. The van der Waals surface area contributed by atoms with Gasteiger partial charge in [0, 0.05) is 18.5 Å². The lowest BCUT2D eigenvalue weighted by Gasteiger charge is -2.15. The van der Waals surface area contributed by atoms with Crippen LogP contribution in [0.5, 0.6) is 0 Å². The summed E-state index contributed by atoms with van der Waals surface area (Å²) in [7, 11) is 0. The zero-order valence-corrected chi connectivity index (χ0v) is 22.4.